The first-order chi connectivity index (χ1) is 10.5. The Kier molecular flexibility index (Phi) is 6.77. The molecule has 22 heavy (non-hydrogen) atoms. The smallest absolute Gasteiger partial charge is 0.234 e. The minimum Gasteiger partial charge on any atom is -0.346 e. The number of benzene rings is 1. The minimum absolute atomic E-state index is 0.165. The van der Waals surface area contributed by atoms with Crippen molar-refractivity contribution in [1.29, 1.82) is 0 Å². The second kappa shape index (κ2) is 8.36. The van der Waals surface area contributed by atoms with Gasteiger partial charge in [-0.1, -0.05) is 53.2 Å². The molecule has 0 saturated carbocycles. The number of thioether (sulfide) groups is 1. The number of hydrogen-bond donors (Lipinski definition) is 2. The number of amides is 1. The Balaban J connectivity index is 1.81. The Morgan fingerprint density at radius 2 is 1.95 bits per heavy atom. The summed E-state index contributed by atoms with van der Waals surface area (Å²) in [7, 11) is 2.17. The summed E-state index contributed by atoms with van der Waals surface area (Å²) in [6.07, 6.45) is 0. The molecule has 0 unspecified atom stereocenters. The zero-order valence-corrected chi connectivity index (χ0v) is 15.3. The molecule has 0 atom stereocenters. The van der Waals surface area contributed by atoms with Gasteiger partial charge in [0.15, 0.2) is 0 Å². The Bertz CT molecular complexity index is 543. The van der Waals surface area contributed by atoms with Crippen molar-refractivity contribution in [2.75, 3.05) is 44.3 Å². The Morgan fingerprint density at radius 1 is 1.36 bits per heavy atom. The normalized spacial score (nSPS) is 15.7. The molecule has 0 radical (unpaired) electrons. The molecule has 1 fully saturated rings. The van der Waals surface area contributed by atoms with Gasteiger partial charge in [-0.05, 0) is 12.1 Å². The van der Waals surface area contributed by atoms with Gasteiger partial charge in [0.2, 0.25) is 5.91 Å². The molecule has 0 aliphatic carbocycles. The van der Waals surface area contributed by atoms with Crippen LogP contribution in [-0.4, -0.2) is 54.1 Å². The van der Waals surface area contributed by atoms with Crippen LogP contribution in [0.3, 0.4) is 0 Å². The Labute approximate surface area is 150 Å². The van der Waals surface area contributed by atoms with E-state index in [1.54, 1.807) is 18.2 Å². The van der Waals surface area contributed by atoms with Crippen molar-refractivity contribution in [3.05, 3.63) is 28.2 Å². The van der Waals surface area contributed by atoms with E-state index in [0.29, 0.717) is 15.7 Å². The molecule has 0 aromatic heterocycles. The van der Waals surface area contributed by atoms with Gasteiger partial charge in [0.1, 0.15) is 4.32 Å². The topological polar surface area (TPSA) is 36.8 Å². The minimum atomic E-state index is -0.165. The van der Waals surface area contributed by atoms with Gasteiger partial charge in [-0.3, -0.25) is 4.79 Å². The third-order valence-corrected chi connectivity index (χ3v) is 5.58. The number of nitrogens with one attached hydrogen (secondary N) is 2. The number of rotatable bonds is 3. The molecule has 1 saturated heterocycles. The van der Waals surface area contributed by atoms with Crippen molar-refractivity contribution in [3.63, 3.8) is 0 Å². The summed E-state index contributed by atoms with van der Waals surface area (Å²) in [5, 5.41) is 3.59. The Hall–Kier alpha value is -0.530. The predicted molar refractivity (Wildman–Crippen MR) is 98.3 cm³/mol. The van der Waals surface area contributed by atoms with Crippen molar-refractivity contribution >= 4 is 63.1 Å². The largest absolute Gasteiger partial charge is 0.346 e. The molecule has 8 heteroatoms. The monoisotopic (exact) mass is 378 g/mol. The highest BCUT2D eigenvalue weighted by Crippen LogP contribution is 2.29. The lowest BCUT2D eigenvalue weighted by molar-refractivity contribution is -0.883. The van der Waals surface area contributed by atoms with Crippen molar-refractivity contribution in [2.45, 2.75) is 0 Å². The standard InChI is InChI=1S/C14H17Cl2N3OS2/c1-18-5-7-19(8-6-18)14(21)22-9-12(20)17-13-10(15)3-2-4-11(13)16/h2-4H,5-9H2,1H3,(H,17,20)/p+1. The second-order valence-corrected chi connectivity index (χ2v) is 7.57. The van der Waals surface area contributed by atoms with E-state index in [-0.39, 0.29) is 11.7 Å². The summed E-state index contributed by atoms with van der Waals surface area (Å²) in [4.78, 5) is 15.7. The SMILES string of the molecule is C[NH+]1CCN(C(=S)SCC(=O)Nc2c(Cl)cccc2Cl)CC1. The van der Waals surface area contributed by atoms with Crippen LogP contribution in [-0.2, 0) is 4.79 Å². The molecule has 1 aromatic rings. The van der Waals surface area contributed by atoms with Gasteiger partial charge in [-0.15, -0.1) is 0 Å². The van der Waals surface area contributed by atoms with E-state index in [1.807, 2.05) is 0 Å². The van der Waals surface area contributed by atoms with E-state index in [4.69, 9.17) is 35.4 Å². The maximum atomic E-state index is 12.0. The number of piperazine rings is 1. The second-order valence-electron chi connectivity index (χ2n) is 5.14. The van der Waals surface area contributed by atoms with Crippen LogP contribution in [0.2, 0.25) is 10.0 Å². The summed E-state index contributed by atoms with van der Waals surface area (Å²) in [6, 6.07) is 5.11. The summed E-state index contributed by atoms with van der Waals surface area (Å²) < 4.78 is 0.771. The number of nitrogens with zero attached hydrogens (tertiary/aromatic N) is 1. The lowest BCUT2D eigenvalue weighted by atomic mass is 10.3. The van der Waals surface area contributed by atoms with Gasteiger partial charge in [-0.2, -0.15) is 0 Å². The number of hydrogen-bond acceptors (Lipinski definition) is 3. The lowest BCUT2D eigenvalue weighted by Gasteiger charge is -2.31. The van der Waals surface area contributed by atoms with Crippen molar-refractivity contribution in [1.82, 2.24) is 4.90 Å². The molecular formula is C14H18Cl2N3OS2+. The van der Waals surface area contributed by atoms with Crippen LogP contribution in [0.1, 0.15) is 0 Å². The number of carbonyl (C=O) groups excluding carboxylic acids is 1. The number of para-hydroxylation sites is 1. The fraction of sp³-hybridized carbons (Fsp3) is 0.429. The fourth-order valence-electron chi connectivity index (χ4n) is 2.08. The molecule has 0 spiro atoms. The number of quaternary nitrogens is 1. The van der Waals surface area contributed by atoms with Crippen LogP contribution in [0.4, 0.5) is 5.69 Å². The van der Waals surface area contributed by atoms with Crippen LogP contribution in [0.15, 0.2) is 18.2 Å². The van der Waals surface area contributed by atoms with Crippen molar-refractivity contribution in [2.24, 2.45) is 0 Å². The molecule has 1 aliphatic heterocycles. The molecule has 1 amide bonds. The average molecular weight is 379 g/mol. The maximum absolute atomic E-state index is 12.0. The molecule has 1 aromatic carbocycles. The van der Waals surface area contributed by atoms with Crippen LogP contribution >= 0.6 is 47.2 Å². The average Bonchev–Trinajstić information content (AvgIpc) is 2.49. The van der Waals surface area contributed by atoms with Crippen molar-refractivity contribution in [3.8, 4) is 0 Å². The van der Waals surface area contributed by atoms with Gasteiger partial charge in [0.25, 0.3) is 0 Å². The van der Waals surface area contributed by atoms with E-state index in [0.717, 1.165) is 30.5 Å². The molecule has 0 bridgehead atoms. The number of anilines is 1. The molecular weight excluding hydrogens is 361 g/mol. The van der Waals surface area contributed by atoms with E-state index in [1.165, 1.54) is 16.7 Å². The van der Waals surface area contributed by atoms with Crippen LogP contribution in [0.5, 0.6) is 0 Å². The number of thiocarbonyl (C=S) groups is 1. The zero-order chi connectivity index (χ0) is 16.1. The third-order valence-electron chi connectivity index (χ3n) is 3.43. The Morgan fingerprint density at radius 3 is 2.55 bits per heavy atom. The molecule has 1 aliphatic rings. The highest BCUT2D eigenvalue weighted by molar-refractivity contribution is 8.23. The van der Waals surface area contributed by atoms with Crippen LogP contribution < -0.4 is 10.2 Å². The third kappa shape index (κ3) is 4.99. The lowest BCUT2D eigenvalue weighted by Crippen LogP contribution is -3.12. The summed E-state index contributed by atoms with van der Waals surface area (Å²) in [5.41, 5.74) is 0.450. The molecule has 120 valence electrons. The first kappa shape index (κ1) is 17.8. The summed E-state index contributed by atoms with van der Waals surface area (Å²) in [5.74, 6) is 0.0849. The van der Waals surface area contributed by atoms with Gasteiger partial charge >= 0.3 is 0 Å². The molecule has 2 rings (SSSR count). The van der Waals surface area contributed by atoms with Gasteiger partial charge in [-0.25, -0.2) is 0 Å². The highest BCUT2D eigenvalue weighted by atomic mass is 35.5. The van der Waals surface area contributed by atoms with Crippen LogP contribution in [0.25, 0.3) is 0 Å². The molecule has 1 heterocycles. The van der Waals surface area contributed by atoms with E-state index in [9.17, 15) is 4.79 Å². The van der Waals surface area contributed by atoms with E-state index >= 15 is 0 Å². The maximum Gasteiger partial charge on any atom is 0.234 e. The summed E-state index contributed by atoms with van der Waals surface area (Å²) >= 11 is 18.8. The number of likely N-dealkylation sites (N-methyl/N-ethyl adjacent to an activating group) is 1. The van der Waals surface area contributed by atoms with Gasteiger partial charge < -0.3 is 15.1 Å². The first-order valence-electron chi connectivity index (χ1n) is 6.94. The first-order valence-corrected chi connectivity index (χ1v) is 9.09. The predicted octanol–water partition coefficient (Wildman–Crippen LogP) is 1.78. The van der Waals surface area contributed by atoms with Gasteiger partial charge in [0, 0.05) is 0 Å². The fourth-order valence-corrected chi connectivity index (χ4v) is 3.63. The zero-order valence-electron chi connectivity index (χ0n) is 12.2. The van der Waals surface area contributed by atoms with Crippen LogP contribution in [0, 0.1) is 0 Å². The van der Waals surface area contributed by atoms with Gasteiger partial charge in [0.05, 0.1) is 54.7 Å². The highest BCUT2D eigenvalue weighted by Gasteiger charge is 2.20. The number of carbonyl (C=O) groups is 1. The van der Waals surface area contributed by atoms with E-state index in [2.05, 4.69) is 17.3 Å². The van der Waals surface area contributed by atoms with E-state index < -0.39 is 0 Å². The summed E-state index contributed by atoms with van der Waals surface area (Å²) in [6.45, 7) is 4.02. The molecule has 2 N–H and O–H groups in total. The number of halogens is 2. The van der Waals surface area contributed by atoms with Crippen molar-refractivity contribution < 1.29 is 9.69 Å². The molecule has 4 nitrogen and oxygen atoms in total. The quantitative estimate of drug-likeness (QED) is 0.786.